The Balaban J connectivity index is 2.86. The third kappa shape index (κ3) is 9.96. The van der Waals surface area contributed by atoms with Gasteiger partial charge in [-0.15, -0.1) is 0 Å². The minimum Gasteiger partial charge on any atom is -0.480 e. The first-order valence-corrected chi connectivity index (χ1v) is 10.1. The number of nitrogens with zero attached hydrogens (tertiary/aromatic N) is 2. The third-order valence-electron chi connectivity index (χ3n) is 4.46. The van der Waals surface area contributed by atoms with Gasteiger partial charge in [-0.2, -0.15) is 0 Å². The van der Waals surface area contributed by atoms with E-state index in [1.165, 1.54) is 19.4 Å². The number of aromatic nitrogens is 2. The highest BCUT2D eigenvalue weighted by atomic mass is 16.4. The molecule has 0 aromatic carbocycles. The predicted molar refractivity (Wildman–Crippen MR) is 116 cm³/mol. The van der Waals surface area contributed by atoms with Crippen LogP contribution >= 0.6 is 0 Å². The number of aliphatic hydroxyl groups is 1. The largest absolute Gasteiger partial charge is 0.480 e. The number of aliphatic imine (C=N–C) groups is 1. The highest BCUT2D eigenvalue weighted by Gasteiger charge is 2.29. The van der Waals surface area contributed by atoms with Crippen molar-refractivity contribution in [3.63, 3.8) is 0 Å². The Morgan fingerprint density at radius 3 is 2.33 bits per heavy atom. The lowest BCUT2D eigenvalue weighted by Crippen LogP contribution is -2.56. The van der Waals surface area contributed by atoms with Gasteiger partial charge in [-0.1, -0.05) is 0 Å². The van der Waals surface area contributed by atoms with E-state index in [1.807, 2.05) is 0 Å². The molecule has 0 spiro atoms. The Labute approximate surface area is 189 Å². The van der Waals surface area contributed by atoms with E-state index in [1.54, 1.807) is 0 Å². The van der Waals surface area contributed by atoms with E-state index >= 15 is 0 Å². The Morgan fingerprint density at radius 2 is 1.79 bits per heavy atom. The first-order valence-electron chi connectivity index (χ1n) is 10.1. The summed E-state index contributed by atoms with van der Waals surface area (Å²) >= 11 is 0. The lowest BCUT2D eigenvalue weighted by atomic mass is 10.1. The number of rotatable bonds is 14. The van der Waals surface area contributed by atoms with Crippen molar-refractivity contribution in [2.45, 2.75) is 50.4 Å². The number of amides is 3. The number of nitrogens with two attached hydrogens (primary N) is 3. The van der Waals surface area contributed by atoms with Crippen molar-refractivity contribution in [3.05, 3.63) is 18.2 Å². The summed E-state index contributed by atoms with van der Waals surface area (Å²) in [6, 6.07) is -4.71. The topological polar surface area (TPSA) is 264 Å². The standard InChI is InChI=1S/C18H31N9O6/c1-9(25-15(30)11(19)7-28)14(29)26-12(3-2-4-23-18(20)21)16(31)27-13(17(32)33)5-10-6-22-8-24-10/h6,8-9,11-13,28H,2-5,7,19H2,1H3,(H,22,24)(H,25,30)(H,26,29)(H,27,31)(H,32,33)(H4,20,21,23). The van der Waals surface area contributed by atoms with Crippen LogP contribution in [-0.4, -0.2) is 87.2 Å². The van der Waals surface area contributed by atoms with Crippen LogP contribution in [0.1, 0.15) is 25.5 Å². The van der Waals surface area contributed by atoms with E-state index in [4.69, 9.17) is 22.3 Å². The average molecular weight is 470 g/mol. The van der Waals surface area contributed by atoms with Crippen molar-refractivity contribution in [1.29, 1.82) is 0 Å². The first kappa shape index (κ1) is 27.3. The average Bonchev–Trinajstić information content (AvgIpc) is 3.27. The molecule has 0 saturated carbocycles. The molecule has 4 atom stereocenters. The highest BCUT2D eigenvalue weighted by molar-refractivity contribution is 5.93. The summed E-state index contributed by atoms with van der Waals surface area (Å²) in [4.78, 5) is 59.1. The number of aliphatic carboxylic acids is 1. The number of hydrogen-bond acceptors (Lipinski definition) is 8. The molecule has 1 aromatic rings. The van der Waals surface area contributed by atoms with Gasteiger partial charge in [0.2, 0.25) is 17.7 Å². The predicted octanol–water partition coefficient (Wildman–Crippen LogP) is -4.12. The molecule has 12 N–H and O–H groups in total. The summed E-state index contributed by atoms with van der Waals surface area (Å²) in [5.41, 5.74) is 16.4. The van der Waals surface area contributed by atoms with Crippen LogP contribution in [0.4, 0.5) is 0 Å². The Bertz CT molecular complexity index is 825. The molecule has 0 aliphatic carbocycles. The third-order valence-corrected chi connectivity index (χ3v) is 4.46. The number of guanidine groups is 1. The quantitative estimate of drug-likeness (QED) is 0.0721. The summed E-state index contributed by atoms with van der Waals surface area (Å²) in [6.07, 6.45) is 3.13. The van der Waals surface area contributed by atoms with Crippen LogP contribution in [0.15, 0.2) is 17.5 Å². The molecule has 1 aromatic heterocycles. The van der Waals surface area contributed by atoms with Gasteiger partial charge in [0.25, 0.3) is 0 Å². The minimum absolute atomic E-state index is 0.0543. The highest BCUT2D eigenvalue weighted by Crippen LogP contribution is 2.04. The number of carboxylic acids is 1. The van der Waals surface area contributed by atoms with Crippen LogP contribution < -0.4 is 33.2 Å². The van der Waals surface area contributed by atoms with Gasteiger partial charge in [0.05, 0.1) is 12.9 Å². The zero-order valence-electron chi connectivity index (χ0n) is 18.2. The van der Waals surface area contributed by atoms with Gasteiger partial charge in [-0.25, -0.2) is 9.78 Å². The molecule has 0 aliphatic rings. The van der Waals surface area contributed by atoms with Crippen LogP contribution in [0.25, 0.3) is 0 Å². The van der Waals surface area contributed by atoms with Gasteiger partial charge in [0, 0.05) is 24.9 Å². The number of carbonyl (C=O) groups is 4. The number of H-pyrrole nitrogens is 1. The van der Waals surface area contributed by atoms with Gasteiger partial charge < -0.3 is 48.3 Å². The zero-order valence-corrected chi connectivity index (χ0v) is 18.2. The second kappa shape index (κ2) is 13.6. The van der Waals surface area contributed by atoms with E-state index in [0.717, 1.165) is 0 Å². The maximum absolute atomic E-state index is 12.8. The van der Waals surface area contributed by atoms with E-state index in [9.17, 15) is 24.3 Å². The van der Waals surface area contributed by atoms with Crippen molar-refractivity contribution in [2.24, 2.45) is 22.2 Å². The smallest absolute Gasteiger partial charge is 0.326 e. The molecule has 33 heavy (non-hydrogen) atoms. The molecule has 1 rings (SSSR count). The van der Waals surface area contributed by atoms with E-state index in [2.05, 4.69) is 30.9 Å². The second-order valence-electron chi connectivity index (χ2n) is 7.21. The van der Waals surface area contributed by atoms with Crippen molar-refractivity contribution in [1.82, 2.24) is 25.9 Å². The normalized spacial score (nSPS) is 14.3. The Morgan fingerprint density at radius 1 is 1.12 bits per heavy atom. The molecule has 15 nitrogen and oxygen atoms in total. The van der Waals surface area contributed by atoms with E-state index in [0.29, 0.717) is 12.1 Å². The molecule has 0 radical (unpaired) electrons. The molecule has 4 unspecified atom stereocenters. The lowest BCUT2D eigenvalue weighted by molar-refractivity contribution is -0.142. The van der Waals surface area contributed by atoms with E-state index < -0.39 is 54.5 Å². The van der Waals surface area contributed by atoms with Gasteiger partial charge in [-0.05, 0) is 19.8 Å². The Kier molecular flexibility index (Phi) is 11.3. The number of aromatic amines is 1. The van der Waals surface area contributed by atoms with Crippen LogP contribution in [-0.2, 0) is 25.6 Å². The minimum atomic E-state index is -1.28. The van der Waals surface area contributed by atoms with Gasteiger partial charge >= 0.3 is 5.97 Å². The number of carbonyl (C=O) groups excluding carboxylic acids is 3. The van der Waals surface area contributed by atoms with Gasteiger partial charge in [0.15, 0.2) is 5.96 Å². The molecule has 1 heterocycles. The lowest BCUT2D eigenvalue weighted by Gasteiger charge is -2.23. The maximum Gasteiger partial charge on any atom is 0.326 e. The van der Waals surface area contributed by atoms with Crippen LogP contribution in [0.5, 0.6) is 0 Å². The molecular weight excluding hydrogens is 438 g/mol. The molecule has 15 heteroatoms. The fraction of sp³-hybridized carbons (Fsp3) is 0.556. The fourth-order valence-electron chi connectivity index (χ4n) is 2.63. The van der Waals surface area contributed by atoms with Gasteiger partial charge in [-0.3, -0.25) is 19.4 Å². The van der Waals surface area contributed by atoms with Crippen molar-refractivity contribution in [2.75, 3.05) is 13.2 Å². The zero-order chi connectivity index (χ0) is 25.0. The summed E-state index contributed by atoms with van der Waals surface area (Å²) in [7, 11) is 0. The van der Waals surface area contributed by atoms with Crippen molar-refractivity contribution >= 4 is 29.7 Å². The number of imidazole rings is 1. The molecular formula is C18H31N9O6. The Hall–Kier alpha value is -3.72. The molecule has 3 amide bonds. The van der Waals surface area contributed by atoms with Crippen LogP contribution in [0.2, 0.25) is 0 Å². The van der Waals surface area contributed by atoms with Gasteiger partial charge in [0.1, 0.15) is 24.2 Å². The summed E-state index contributed by atoms with van der Waals surface area (Å²) < 4.78 is 0. The molecule has 0 saturated heterocycles. The number of aliphatic hydroxyl groups excluding tert-OH is 1. The maximum atomic E-state index is 12.8. The SMILES string of the molecule is CC(NC(=O)C(N)CO)C(=O)NC(CCCN=C(N)N)C(=O)NC(Cc1cnc[nH]1)C(=O)O. The fourth-order valence-corrected chi connectivity index (χ4v) is 2.63. The number of nitrogens with one attached hydrogen (secondary N) is 4. The molecule has 184 valence electrons. The molecule has 0 aliphatic heterocycles. The number of hydrogen-bond donors (Lipinski definition) is 9. The number of carboxylic acid groups (broad SMARTS) is 1. The van der Waals surface area contributed by atoms with Crippen LogP contribution in [0.3, 0.4) is 0 Å². The van der Waals surface area contributed by atoms with Crippen molar-refractivity contribution in [3.8, 4) is 0 Å². The molecule has 0 fully saturated rings. The summed E-state index contributed by atoms with van der Waals surface area (Å²) in [5.74, 6) is -3.62. The summed E-state index contributed by atoms with van der Waals surface area (Å²) in [6.45, 7) is 0.934. The molecule has 0 bridgehead atoms. The van der Waals surface area contributed by atoms with Crippen molar-refractivity contribution < 1.29 is 29.4 Å². The second-order valence-corrected chi connectivity index (χ2v) is 7.21. The monoisotopic (exact) mass is 469 g/mol. The van der Waals surface area contributed by atoms with E-state index in [-0.39, 0.29) is 25.3 Å². The summed E-state index contributed by atoms with van der Waals surface area (Å²) in [5, 5.41) is 25.6. The first-order chi connectivity index (χ1) is 15.5. The van der Waals surface area contributed by atoms with Crippen LogP contribution in [0, 0.1) is 0 Å².